The Labute approximate surface area is 285 Å². The van der Waals surface area contributed by atoms with Crippen LogP contribution in [0.25, 0.3) is 5.57 Å². The number of nitrogens with zero attached hydrogens (tertiary/aromatic N) is 1. The number of Topliss-reactive ketones (excluding diaryl/α,β-unsaturated/α-hetero) is 1. The number of anilines is 1. The molecule has 0 saturated carbocycles. The van der Waals surface area contributed by atoms with E-state index in [-0.39, 0.29) is 32.6 Å². The minimum atomic E-state index is -1.60. The summed E-state index contributed by atoms with van der Waals surface area (Å²) in [5, 5.41) is 0. The summed E-state index contributed by atoms with van der Waals surface area (Å²) in [4.78, 5) is 69.9. The van der Waals surface area contributed by atoms with E-state index in [9.17, 15) is 24.0 Å². The molecular formula is C34H33NO9S3. The second-order valence-corrected chi connectivity index (χ2v) is 15.1. The third kappa shape index (κ3) is 5.57. The van der Waals surface area contributed by atoms with E-state index in [4.69, 9.17) is 18.9 Å². The summed E-state index contributed by atoms with van der Waals surface area (Å²) in [6.07, 6.45) is 0. The van der Waals surface area contributed by atoms with Crippen LogP contribution in [-0.4, -0.2) is 74.3 Å². The van der Waals surface area contributed by atoms with Crippen molar-refractivity contribution in [3.8, 4) is 0 Å². The molecule has 3 aliphatic rings. The number of thioether (sulfide) groups is 3. The van der Waals surface area contributed by atoms with E-state index in [1.165, 1.54) is 28.4 Å². The fourth-order valence-electron chi connectivity index (χ4n) is 5.77. The van der Waals surface area contributed by atoms with Gasteiger partial charge in [-0.05, 0) is 51.0 Å². The number of rotatable bonds is 7. The average Bonchev–Trinajstić information content (AvgIpc) is 3.46. The van der Waals surface area contributed by atoms with Gasteiger partial charge in [0.05, 0.1) is 46.1 Å². The van der Waals surface area contributed by atoms with Gasteiger partial charge in [0.25, 0.3) is 0 Å². The van der Waals surface area contributed by atoms with Crippen LogP contribution >= 0.6 is 35.3 Å². The van der Waals surface area contributed by atoms with Crippen LogP contribution in [0, 0.1) is 13.8 Å². The number of esters is 4. The summed E-state index contributed by atoms with van der Waals surface area (Å²) in [6.45, 7) is 7.77. The molecule has 2 aromatic carbocycles. The number of ketones is 1. The highest BCUT2D eigenvalue weighted by Gasteiger charge is 2.61. The maximum absolute atomic E-state index is 13.8. The predicted molar refractivity (Wildman–Crippen MR) is 183 cm³/mol. The molecule has 0 radical (unpaired) electrons. The van der Waals surface area contributed by atoms with Crippen molar-refractivity contribution < 1.29 is 42.9 Å². The van der Waals surface area contributed by atoms with Gasteiger partial charge in [0.2, 0.25) is 0 Å². The molecule has 1 spiro atoms. The normalized spacial score (nSPS) is 17.7. The number of benzene rings is 2. The molecule has 13 heteroatoms. The fourth-order valence-corrected chi connectivity index (χ4v) is 10.8. The van der Waals surface area contributed by atoms with Crippen LogP contribution in [0.5, 0.6) is 0 Å². The summed E-state index contributed by atoms with van der Waals surface area (Å²) < 4.78 is 19.0. The lowest BCUT2D eigenvalue weighted by Crippen LogP contribution is -2.53. The molecule has 0 aliphatic carbocycles. The number of hydrogen-bond donors (Lipinski definition) is 0. The summed E-state index contributed by atoms with van der Waals surface area (Å²) in [5.41, 5.74) is 3.32. The van der Waals surface area contributed by atoms with Crippen LogP contribution in [-0.2, 0) is 38.1 Å². The van der Waals surface area contributed by atoms with Gasteiger partial charge in [-0.25, -0.2) is 19.2 Å². The van der Waals surface area contributed by atoms with E-state index >= 15 is 0 Å². The SMILES string of the molecule is COC(=O)C1=C(C(=O)OC)SC2(S1)C(C(=O)OC)=C(C(=O)OC)SC1=C2c2cc(C)c(C)cc2N(CC(=O)c2ccccc2)C1(C)C. The Hall–Kier alpha value is -3.94. The zero-order valence-electron chi connectivity index (χ0n) is 27.1. The Morgan fingerprint density at radius 1 is 0.723 bits per heavy atom. The molecule has 2 aromatic rings. The van der Waals surface area contributed by atoms with Crippen LogP contribution < -0.4 is 4.90 Å². The van der Waals surface area contributed by atoms with Crippen molar-refractivity contribution in [3.63, 3.8) is 0 Å². The van der Waals surface area contributed by atoms with Crippen LogP contribution in [0.3, 0.4) is 0 Å². The second-order valence-electron chi connectivity index (χ2n) is 11.3. The lowest BCUT2D eigenvalue weighted by atomic mass is 9.82. The molecule has 5 rings (SSSR count). The minimum absolute atomic E-state index is 0.00264. The number of methoxy groups -OCH3 is 4. The largest absolute Gasteiger partial charge is 0.466 e. The molecule has 47 heavy (non-hydrogen) atoms. The van der Waals surface area contributed by atoms with Crippen LogP contribution in [0.2, 0.25) is 0 Å². The first-order chi connectivity index (χ1) is 22.3. The van der Waals surface area contributed by atoms with E-state index in [2.05, 4.69) is 0 Å². The molecule has 0 saturated heterocycles. The van der Waals surface area contributed by atoms with Crippen molar-refractivity contribution in [2.45, 2.75) is 37.3 Å². The molecule has 0 N–H and O–H groups in total. The number of carbonyl (C=O) groups is 5. The molecule has 10 nitrogen and oxygen atoms in total. The Morgan fingerprint density at radius 2 is 1.23 bits per heavy atom. The van der Waals surface area contributed by atoms with Gasteiger partial charge < -0.3 is 23.8 Å². The first-order valence-corrected chi connectivity index (χ1v) is 16.8. The van der Waals surface area contributed by atoms with E-state index in [0.717, 1.165) is 46.4 Å². The maximum atomic E-state index is 13.8. The van der Waals surface area contributed by atoms with Gasteiger partial charge >= 0.3 is 23.9 Å². The molecule has 3 aliphatic heterocycles. The van der Waals surface area contributed by atoms with E-state index in [1.807, 2.05) is 50.8 Å². The first kappa shape index (κ1) is 34.4. The molecule has 0 bridgehead atoms. The average molecular weight is 696 g/mol. The third-order valence-corrected chi connectivity index (χ3v) is 13.0. The number of fused-ring (bicyclic) bond motifs is 3. The van der Waals surface area contributed by atoms with Crippen LogP contribution in [0.4, 0.5) is 5.69 Å². The van der Waals surface area contributed by atoms with Gasteiger partial charge in [-0.15, -0.1) is 0 Å². The maximum Gasteiger partial charge on any atom is 0.345 e. The Bertz CT molecular complexity index is 1800. The standard InChI is InChI=1S/C34H33NO9S3/c1-17-14-20-21(15-18(17)2)35(16-22(36)19-12-10-9-11-13-19)33(3,4)28-23(20)34(24(29(37)41-5)25(45-28)30(38)42-6)46-26(31(39)43-7)27(47-34)32(40)44-8/h9-15H,16H2,1-8H3. The van der Waals surface area contributed by atoms with Gasteiger partial charge in [-0.2, -0.15) is 0 Å². The number of hydrogen-bond acceptors (Lipinski definition) is 13. The van der Waals surface area contributed by atoms with Gasteiger partial charge in [-0.1, -0.05) is 65.6 Å². The lowest BCUT2D eigenvalue weighted by Gasteiger charge is -2.51. The lowest BCUT2D eigenvalue weighted by molar-refractivity contribution is -0.138. The summed E-state index contributed by atoms with van der Waals surface area (Å²) in [5.74, 6) is -3.38. The van der Waals surface area contributed by atoms with Gasteiger partial charge in [0.15, 0.2) is 5.78 Å². The Morgan fingerprint density at radius 3 is 1.77 bits per heavy atom. The van der Waals surface area contributed by atoms with Gasteiger partial charge in [-0.3, -0.25) is 4.79 Å². The van der Waals surface area contributed by atoms with Crippen molar-refractivity contribution in [2.75, 3.05) is 39.9 Å². The zero-order valence-corrected chi connectivity index (χ0v) is 29.5. The van der Waals surface area contributed by atoms with Crippen molar-refractivity contribution >= 4 is 76.2 Å². The first-order valence-electron chi connectivity index (χ1n) is 14.4. The minimum Gasteiger partial charge on any atom is -0.466 e. The van der Waals surface area contributed by atoms with Crippen LogP contribution in [0.1, 0.15) is 40.9 Å². The highest BCUT2D eigenvalue weighted by molar-refractivity contribution is 8.26. The summed E-state index contributed by atoms with van der Waals surface area (Å²) in [6, 6.07) is 12.9. The number of aryl methyl sites for hydroxylation is 2. The molecule has 246 valence electrons. The van der Waals surface area contributed by atoms with E-state index < -0.39 is 33.5 Å². The molecule has 0 unspecified atom stereocenters. The van der Waals surface area contributed by atoms with Gasteiger partial charge in [0.1, 0.15) is 18.8 Å². The highest BCUT2D eigenvalue weighted by Crippen LogP contribution is 2.71. The third-order valence-electron chi connectivity index (χ3n) is 8.32. The molecule has 0 amide bonds. The fraction of sp³-hybridized carbons (Fsp3) is 0.324. The number of ether oxygens (including phenoxy) is 4. The summed E-state index contributed by atoms with van der Waals surface area (Å²) >= 11 is 2.89. The predicted octanol–water partition coefficient (Wildman–Crippen LogP) is 5.58. The van der Waals surface area contributed by atoms with Crippen molar-refractivity contribution in [3.05, 3.63) is 89.9 Å². The Kier molecular flexibility index (Phi) is 9.46. The van der Waals surface area contributed by atoms with E-state index in [1.54, 1.807) is 24.3 Å². The quantitative estimate of drug-likeness (QED) is 0.204. The topological polar surface area (TPSA) is 126 Å². The Balaban J connectivity index is 1.86. The molecule has 0 fully saturated rings. The van der Waals surface area contributed by atoms with Crippen molar-refractivity contribution in [1.82, 2.24) is 0 Å². The van der Waals surface area contributed by atoms with E-state index in [0.29, 0.717) is 27.3 Å². The van der Waals surface area contributed by atoms with Crippen molar-refractivity contribution in [2.24, 2.45) is 0 Å². The summed E-state index contributed by atoms with van der Waals surface area (Å²) in [7, 11) is 4.76. The van der Waals surface area contributed by atoms with Gasteiger partial charge in [0, 0.05) is 27.3 Å². The zero-order chi connectivity index (χ0) is 34.4. The van der Waals surface area contributed by atoms with Crippen molar-refractivity contribution in [1.29, 1.82) is 0 Å². The molecule has 0 aromatic heterocycles. The number of carbonyl (C=O) groups excluding carboxylic acids is 5. The molecule has 3 heterocycles. The smallest absolute Gasteiger partial charge is 0.345 e. The monoisotopic (exact) mass is 695 g/mol. The second kappa shape index (κ2) is 12.9. The molecule has 0 atom stereocenters. The highest BCUT2D eigenvalue weighted by atomic mass is 32.2. The van der Waals surface area contributed by atoms with Crippen LogP contribution in [0.15, 0.2) is 67.7 Å². The molecular weight excluding hydrogens is 663 g/mol.